The zero-order valence-corrected chi connectivity index (χ0v) is 16.4. The Morgan fingerprint density at radius 2 is 1.78 bits per heavy atom. The Labute approximate surface area is 168 Å². The molecule has 5 heteroatoms. The standard InChI is InChI=1S/C22H21Cl2NO2/c23-19-6-3-5-18(21(19)24)22(26)10-15-8-9-16(11-22)25(15)12-14-13-27-20-7-2-1-4-17(14)20/h1-7,13,15-16,26H,8-12H2/t15-,16+,22?. The van der Waals surface area contributed by atoms with E-state index in [1.165, 1.54) is 10.9 Å². The highest BCUT2D eigenvalue weighted by Gasteiger charge is 2.49. The molecule has 3 heterocycles. The second kappa shape index (κ2) is 6.52. The molecule has 2 fully saturated rings. The summed E-state index contributed by atoms with van der Waals surface area (Å²) in [5.41, 5.74) is 2.00. The monoisotopic (exact) mass is 401 g/mol. The molecule has 0 amide bonds. The number of para-hydroxylation sites is 1. The van der Waals surface area contributed by atoms with Crippen LogP contribution in [-0.4, -0.2) is 22.1 Å². The number of aliphatic hydroxyl groups is 1. The van der Waals surface area contributed by atoms with Crippen molar-refractivity contribution in [3.05, 3.63) is 69.9 Å². The van der Waals surface area contributed by atoms with Crippen LogP contribution in [0.1, 0.15) is 36.8 Å². The molecule has 1 aromatic heterocycles. The van der Waals surface area contributed by atoms with E-state index in [0.29, 0.717) is 35.0 Å². The summed E-state index contributed by atoms with van der Waals surface area (Å²) in [7, 11) is 0. The van der Waals surface area contributed by atoms with Crippen LogP contribution in [0.2, 0.25) is 10.0 Å². The number of nitrogens with zero attached hydrogens (tertiary/aromatic N) is 1. The van der Waals surface area contributed by atoms with Gasteiger partial charge in [0, 0.05) is 35.1 Å². The maximum absolute atomic E-state index is 11.5. The van der Waals surface area contributed by atoms with Gasteiger partial charge < -0.3 is 9.52 Å². The van der Waals surface area contributed by atoms with Crippen molar-refractivity contribution < 1.29 is 9.52 Å². The average molecular weight is 402 g/mol. The lowest BCUT2D eigenvalue weighted by Crippen LogP contribution is -2.49. The minimum absolute atomic E-state index is 0.331. The van der Waals surface area contributed by atoms with Crippen LogP contribution in [0.3, 0.4) is 0 Å². The lowest BCUT2D eigenvalue weighted by Gasteiger charge is -2.44. The number of hydrogen-bond acceptors (Lipinski definition) is 3. The largest absolute Gasteiger partial charge is 0.464 e. The Bertz CT molecular complexity index is 985. The van der Waals surface area contributed by atoms with E-state index in [1.54, 1.807) is 6.07 Å². The van der Waals surface area contributed by atoms with Crippen molar-refractivity contribution in [1.29, 1.82) is 0 Å². The molecular weight excluding hydrogens is 381 g/mol. The first-order chi connectivity index (χ1) is 13.0. The maximum atomic E-state index is 11.5. The highest BCUT2D eigenvalue weighted by molar-refractivity contribution is 6.42. The highest BCUT2D eigenvalue weighted by atomic mass is 35.5. The van der Waals surface area contributed by atoms with Gasteiger partial charge in [0.1, 0.15) is 5.58 Å². The molecule has 2 saturated heterocycles. The Hall–Kier alpha value is -1.52. The highest BCUT2D eigenvalue weighted by Crippen LogP contribution is 2.48. The number of hydrogen-bond donors (Lipinski definition) is 1. The number of furan rings is 1. The Balaban J connectivity index is 1.43. The molecule has 0 radical (unpaired) electrons. The minimum Gasteiger partial charge on any atom is -0.464 e. The van der Waals surface area contributed by atoms with E-state index in [0.717, 1.165) is 30.5 Å². The molecule has 140 valence electrons. The summed E-state index contributed by atoms with van der Waals surface area (Å²) in [6.07, 6.45) is 5.43. The van der Waals surface area contributed by atoms with Gasteiger partial charge in [0.15, 0.2) is 0 Å². The summed E-state index contributed by atoms with van der Waals surface area (Å²) in [5.74, 6) is 0. The van der Waals surface area contributed by atoms with Crippen molar-refractivity contribution in [2.24, 2.45) is 0 Å². The maximum Gasteiger partial charge on any atom is 0.134 e. The molecule has 2 aliphatic heterocycles. The molecular formula is C22H21Cl2NO2. The Morgan fingerprint density at radius 3 is 2.56 bits per heavy atom. The number of halogens is 2. The van der Waals surface area contributed by atoms with E-state index >= 15 is 0 Å². The first-order valence-corrected chi connectivity index (χ1v) is 10.2. The molecule has 1 N–H and O–H groups in total. The third-order valence-electron chi connectivity index (χ3n) is 6.28. The molecule has 27 heavy (non-hydrogen) atoms. The Kier molecular flexibility index (Phi) is 4.25. The summed E-state index contributed by atoms with van der Waals surface area (Å²) in [6, 6.07) is 14.4. The predicted octanol–water partition coefficient (Wildman–Crippen LogP) is 5.75. The van der Waals surface area contributed by atoms with Crippen molar-refractivity contribution in [3.8, 4) is 0 Å². The molecule has 0 spiro atoms. The average Bonchev–Trinajstić information content (AvgIpc) is 3.17. The minimum atomic E-state index is -0.914. The quantitative estimate of drug-likeness (QED) is 0.606. The second-order valence-electron chi connectivity index (χ2n) is 7.86. The molecule has 5 rings (SSSR count). The smallest absolute Gasteiger partial charge is 0.134 e. The summed E-state index contributed by atoms with van der Waals surface area (Å²) in [5, 5.41) is 13.6. The number of benzene rings is 2. The molecule has 3 atom stereocenters. The van der Waals surface area contributed by atoms with Crippen LogP contribution in [0, 0.1) is 0 Å². The third kappa shape index (κ3) is 2.89. The molecule has 1 unspecified atom stereocenters. The molecule has 2 bridgehead atoms. The zero-order chi connectivity index (χ0) is 18.6. The molecule has 3 aromatic rings. The van der Waals surface area contributed by atoms with Gasteiger partial charge in [-0.05, 0) is 37.8 Å². The summed E-state index contributed by atoms with van der Waals surface area (Å²) in [6.45, 7) is 0.853. The van der Waals surface area contributed by atoms with Gasteiger partial charge in [-0.1, -0.05) is 53.5 Å². The van der Waals surface area contributed by atoms with E-state index < -0.39 is 5.60 Å². The topological polar surface area (TPSA) is 36.6 Å². The van der Waals surface area contributed by atoms with E-state index in [2.05, 4.69) is 11.0 Å². The van der Waals surface area contributed by atoms with E-state index in [4.69, 9.17) is 27.6 Å². The van der Waals surface area contributed by atoms with Crippen LogP contribution in [0.4, 0.5) is 0 Å². The zero-order valence-electron chi connectivity index (χ0n) is 14.9. The predicted molar refractivity (Wildman–Crippen MR) is 108 cm³/mol. The van der Waals surface area contributed by atoms with Gasteiger partial charge in [-0.25, -0.2) is 0 Å². The van der Waals surface area contributed by atoms with Crippen LogP contribution in [-0.2, 0) is 12.1 Å². The van der Waals surface area contributed by atoms with Gasteiger partial charge in [-0.3, -0.25) is 4.90 Å². The Morgan fingerprint density at radius 1 is 1.04 bits per heavy atom. The van der Waals surface area contributed by atoms with Crippen LogP contribution in [0.25, 0.3) is 11.0 Å². The number of fused-ring (bicyclic) bond motifs is 3. The fraction of sp³-hybridized carbons (Fsp3) is 0.364. The SMILES string of the molecule is OC1(c2cccc(Cl)c2Cl)C[C@H]2CC[C@@H](C1)N2Cc1coc2ccccc12. The van der Waals surface area contributed by atoms with Crippen molar-refractivity contribution in [2.75, 3.05) is 0 Å². The van der Waals surface area contributed by atoms with Crippen molar-refractivity contribution in [3.63, 3.8) is 0 Å². The van der Waals surface area contributed by atoms with Crippen molar-refractivity contribution in [1.82, 2.24) is 4.90 Å². The van der Waals surface area contributed by atoms with E-state index in [-0.39, 0.29) is 0 Å². The van der Waals surface area contributed by atoms with Gasteiger partial charge in [-0.2, -0.15) is 0 Å². The van der Waals surface area contributed by atoms with Crippen LogP contribution < -0.4 is 0 Å². The summed E-state index contributed by atoms with van der Waals surface area (Å²) >= 11 is 12.6. The second-order valence-corrected chi connectivity index (χ2v) is 8.64. The molecule has 0 aliphatic carbocycles. The lowest BCUT2D eigenvalue weighted by atomic mass is 9.80. The molecule has 3 nitrogen and oxygen atoms in total. The fourth-order valence-electron chi connectivity index (χ4n) is 5.01. The molecule has 2 aromatic carbocycles. The molecule has 0 saturated carbocycles. The first kappa shape index (κ1) is 17.6. The fourth-order valence-corrected chi connectivity index (χ4v) is 5.49. The van der Waals surface area contributed by atoms with Crippen LogP contribution in [0.15, 0.2) is 53.1 Å². The number of rotatable bonds is 3. The first-order valence-electron chi connectivity index (χ1n) is 9.43. The van der Waals surface area contributed by atoms with Gasteiger partial charge >= 0.3 is 0 Å². The van der Waals surface area contributed by atoms with Crippen molar-refractivity contribution in [2.45, 2.75) is 49.9 Å². The van der Waals surface area contributed by atoms with Crippen LogP contribution in [0.5, 0.6) is 0 Å². The van der Waals surface area contributed by atoms with Crippen molar-refractivity contribution >= 4 is 34.2 Å². The third-order valence-corrected chi connectivity index (χ3v) is 7.10. The number of piperidine rings is 1. The van der Waals surface area contributed by atoms with Gasteiger partial charge in [0.25, 0.3) is 0 Å². The normalized spacial score (nSPS) is 28.1. The molecule has 2 aliphatic rings. The van der Waals surface area contributed by atoms with Crippen LogP contribution >= 0.6 is 23.2 Å². The summed E-state index contributed by atoms with van der Waals surface area (Å²) in [4.78, 5) is 2.53. The summed E-state index contributed by atoms with van der Waals surface area (Å²) < 4.78 is 5.71. The lowest BCUT2D eigenvalue weighted by molar-refractivity contribution is -0.0593. The van der Waals surface area contributed by atoms with Gasteiger partial charge in [-0.15, -0.1) is 0 Å². The van der Waals surface area contributed by atoms with Gasteiger partial charge in [0.2, 0.25) is 0 Å². The van der Waals surface area contributed by atoms with Gasteiger partial charge in [0.05, 0.1) is 21.9 Å². The van der Waals surface area contributed by atoms with E-state index in [9.17, 15) is 5.11 Å². The van der Waals surface area contributed by atoms with E-state index in [1.807, 2.05) is 36.6 Å².